The van der Waals surface area contributed by atoms with Gasteiger partial charge in [-0.15, -0.1) is 0 Å². The first-order valence-electron chi connectivity index (χ1n) is 14.2. The number of hydrogen-bond acceptors (Lipinski definition) is 12. The Hall–Kier alpha value is -4.49. The molecule has 0 bridgehead atoms. The molecule has 2 fully saturated rings. The summed E-state index contributed by atoms with van der Waals surface area (Å²) in [4.78, 5) is 70.4. The lowest BCUT2D eigenvalue weighted by atomic mass is 9.52. The van der Waals surface area contributed by atoms with E-state index in [-0.39, 0.29) is 36.4 Å². The van der Waals surface area contributed by atoms with Crippen LogP contribution in [0.4, 0.5) is 11.4 Å². The molecule has 2 aromatic carbocycles. The maximum absolute atomic E-state index is 14.2. The molecule has 0 saturated heterocycles. The number of nitrogens with one attached hydrogen (secondary N) is 1. The van der Waals surface area contributed by atoms with Crippen LogP contribution in [0.3, 0.4) is 0 Å². The molecule has 2 saturated carbocycles. The largest absolute Gasteiger partial charge is 0.505 e. The first kappa shape index (κ1) is 31.0. The van der Waals surface area contributed by atoms with Crippen LogP contribution in [0.2, 0.25) is 0 Å². The number of anilines is 2. The lowest BCUT2D eigenvalue weighted by Gasteiger charge is -2.52. The van der Waals surface area contributed by atoms with Gasteiger partial charge in [-0.05, 0) is 62.2 Å². The summed E-state index contributed by atoms with van der Waals surface area (Å²) in [5.41, 5.74) is 4.42. The molecule has 0 aromatic heterocycles. The number of aromatic hydroxyl groups is 2. The molecule has 2 aromatic rings. The number of hydrogen-bond donors (Lipinski definition) is 5. The number of phenols is 2. The van der Waals surface area contributed by atoms with Crippen LogP contribution in [-0.4, -0.2) is 96.2 Å². The number of phenolic OH excluding ortho intramolecular Hbond substituents is 2. The second kappa shape index (κ2) is 10.9. The lowest BCUT2D eigenvalue weighted by Crippen LogP contribution is -2.74. The smallest absolute Gasteiger partial charge is 0.235 e. The SMILES string of the molecule is COc1ccc(CNc2cc(N(C)C)c3c(c2O)C(=O)C2C(=O)[C@]4(O)C(=O)C(C(N)=O)C(=O)C(N(C)C)[C@@H]4C[C@@H]2C3)cc1O. The molecule has 6 atom stereocenters. The number of methoxy groups -OCH3 is 1. The van der Waals surface area contributed by atoms with Crippen LogP contribution in [0.25, 0.3) is 0 Å². The van der Waals surface area contributed by atoms with E-state index < -0.39 is 70.1 Å². The number of ketones is 4. The minimum atomic E-state index is -2.79. The number of Topliss-reactive ketones (excluding diaryl/α,β-unsaturated/α-hetero) is 4. The van der Waals surface area contributed by atoms with Crippen LogP contribution in [0.1, 0.15) is 27.9 Å². The molecule has 234 valence electrons. The van der Waals surface area contributed by atoms with Crippen LogP contribution in [-0.2, 0) is 32.1 Å². The van der Waals surface area contributed by atoms with E-state index in [1.807, 2.05) is 0 Å². The zero-order valence-electron chi connectivity index (χ0n) is 25.1. The summed E-state index contributed by atoms with van der Waals surface area (Å²) < 4.78 is 5.08. The molecule has 44 heavy (non-hydrogen) atoms. The monoisotopic (exact) mass is 608 g/mol. The van der Waals surface area contributed by atoms with Gasteiger partial charge in [0.05, 0.1) is 30.3 Å². The second-order valence-corrected chi connectivity index (χ2v) is 12.2. The summed E-state index contributed by atoms with van der Waals surface area (Å²) in [7, 11) is 8.05. The average molecular weight is 609 g/mol. The van der Waals surface area contributed by atoms with Crippen molar-refractivity contribution in [3.05, 3.63) is 41.0 Å². The number of likely N-dealkylation sites (N-methyl/N-ethyl adjacent to an activating group) is 1. The van der Waals surface area contributed by atoms with Gasteiger partial charge in [0, 0.05) is 32.2 Å². The van der Waals surface area contributed by atoms with Gasteiger partial charge in [-0.1, -0.05) is 6.07 Å². The van der Waals surface area contributed by atoms with Crippen molar-refractivity contribution >= 4 is 40.4 Å². The Labute approximate surface area is 253 Å². The summed E-state index contributed by atoms with van der Waals surface area (Å²) in [5, 5.41) is 36.4. The zero-order chi connectivity index (χ0) is 32.4. The predicted molar refractivity (Wildman–Crippen MR) is 158 cm³/mol. The van der Waals surface area contributed by atoms with Gasteiger partial charge < -0.3 is 36.0 Å². The third-order valence-corrected chi connectivity index (χ3v) is 9.25. The molecule has 0 aliphatic heterocycles. The summed E-state index contributed by atoms with van der Waals surface area (Å²) in [6.45, 7) is 0.153. The number of rotatable bonds is 7. The number of nitrogens with two attached hydrogens (primary N) is 1. The molecular formula is C31H36N4O9. The van der Waals surface area contributed by atoms with E-state index in [4.69, 9.17) is 10.5 Å². The highest BCUT2D eigenvalue weighted by atomic mass is 16.5. The van der Waals surface area contributed by atoms with E-state index in [9.17, 15) is 39.3 Å². The van der Waals surface area contributed by atoms with Gasteiger partial charge in [-0.3, -0.25) is 28.9 Å². The first-order valence-corrected chi connectivity index (χ1v) is 14.2. The Bertz CT molecular complexity index is 1600. The van der Waals surface area contributed by atoms with Crippen LogP contribution in [0.15, 0.2) is 24.3 Å². The molecule has 3 aliphatic rings. The van der Waals surface area contributed by atoms with Gasteiger partial charge in [-0.25, -0.2) is 0 Å². The minimum Gasteiger partial charge on any atom is -0.505 e. The van der Waals surface area contributed by atoms with Crippen molar-refractivity contribution in [1.29, 1.82) is 0 Å². The van der Waals surface area contributed by atoms with E-state index >= 15 is 0 Å². The molecule has 0 radical (unpaired) electrons. The number of amides is 1. The van der Waals surface area contributed by atoms with Crippen molar-refractivity contribution in [2.45, 2.75) is 31.0 Å². The molecule has 5 rings (SSSR count). The fourth-order valence-corrected chi connectivity index (χ4v) is 7.23. The maximum atomic E-state index is 14.2. The first-order chi connectivity index (χ1) is 20.6. The van der Waals surface area contributed by atoms with Gasteiger partial charge in [0.2, 0.25) is 5.91 Å². The standard InChI is InChI=1S/C31H36N4O9/c1-34(2)18-11-17(33-12-13-6-7-20(44-5)19(36)8-13)25(37)22-15(18)9-14-10-16-24(35(3)4)27(39)23(30(32)42)29(41)31(16,43)28(40)21(14)26(22)38/h6-8,11,14,16,21,23-24,33,36-37,43H,9-10,12H2,1-5H3,(H2,32,42)/t14-,16-,21?,23?,24?,31-/m0/s1. The van der Waals surface area contributed by atoms with Crippen molar-refractivity contribution in [2.75, 3.05) is 45.5 Å². The van der Waals surface area contributed by atoms with Gasteiger partial charge in [0.15, 0.2) is 46.2 Å². The van der Waals surface area contributed by atoms with E-state index in [0.717, 1.165) is 0 Å². The Kier molecular flexibility index (Phi) is 7.67. The number of carbonyl (C=O) groups is 5. The molecule has 3 aliphatic carbocycles. The second-order valence-electron chi connectivity index (χ2n) is 12.2. The fourth-order valence-electron chi connectivity index (χ4n) is 7.23. The van der Waals surface area contributed by atoms with Crippen LogP contribution in [0.5, 0.6) is 17.2 Å². The summed E-state index contributed by atoms with van der Waals surface area (Å²) in [6.07, 6.45) is 0.123. The summed E-state index contributed by atoms with van der Waals surface area (Å²) in [6, 6.07) is 5.31. The van der Waals surface area contributed by atoms with Gasteiger partial charge in [-0.2, -0.15) is 0 Å². The van der Waals surface area contributed by atoms with Crippen molar-refractivity contribution in [3.8, 4) is 17.2 Å². The Morgan fingerprint density at radius 3 is 2.34 bits per heavy atom. The molecule has 3 unspecified atom stereocenters. The predicted octanol–water partition coefficient (Wildman–Crippen LogP) is 0.259. The van der Waals surface area contributed by atoms with Gasteiger partial charge in [0.25, 0.3) is 0 Å². The quantitative estimate of drug-likeness (QED) is 0.212. The molecule has 13 heteroatoms. The topological polar surface area (TPSA) is 200 Å². The lowest BCUT2D eigenvalue weighted by molar-refractivity contribution is -0.181. The third kappa shape index (κ3) is 4.49. The van der Waals surface area contributed by atoms with Crippen LogP contribution < -0.4 is 20.7 Å². The normalized spacial score (nSPS) is 27.8. The number of fused-ring (bicyclic) bond motifs is 3. The highest BCUT2D eigenvalue weighted by molar-refractivity contribution is 6.32. The van der Waals surface area contributed by atoms with E-state index in [2.05, 4.69) is 5.32 Å². The number of primary amides is 1. The van der Waals surface area contributed by atoms with Crippen molar-refractivity contribution in [3.63, 3.8) is 0 Å². The number of benzene rings is 2. The highest BCUT2D eigenvalue weighted by Crippen LogP contribution is 2.52. The molecule has 0 spiro atoms. The Balaban J connectivity index is 1.57. The number of aliphatic hydroxyl groups is 1. The van der Waals surface area contributed by atoms with Gasteiger partial charge >= 0.3 is 0 Å². The fraction of sp³-hybridized carbons (Fsp3) is 0.452. The summed E-state index contributed by atoms with van der Waals surface area (Å²) >= 11 is 0. The number of ether oxygens (including phenoxy) is 1. The zero-order valence-corrected chi connectivity index (χ0v) is 25.1. The van der Waals surface area contributed by atoms with E-state index in [1.54, 1.807) is 51.3 Å². The van der Waals surface area contributed by atoms with Crippen molar-refractivity contribution in [1.82, 2.24) is 4.90 Å². The number of nitrogens with zero attached hydrogens (tertiary/aromatic N) is 2. The highest BCUT2D eigenvalue weighted by Gasteiger charge is 2.69. The van der Waals surface area contributed by atoms with E-state index in [1.165, 1.54) is 18.1 Å². The number of carbonyl (C=O) groups excluding carboxylic acids is 5. The van der Waals surface area contributed by atoms with E-state index in [0.29, 0.717) is 22.6 Å². The molecule has 1 amide bonds. The van der Waals surface area contributed by atoms with Gasteiger partial charge in [0.1, 0.15) is 5.75 Å². The summed E-state index contributed by atoms with van der Waals surface area (Å²) in [5.74, 6) is -10.8. The average Bonchev–Trinajstić information content (AvgIpc) is 2.94. The van der Waals surface area contributed by atoms with Crippen LogP contribution in [0, 0.1) is 23.7 Å². The molecule has 13 nitrogen and oxygen atoms in total. The van der Waals surface area contributed by atoms with Crippen molar-refractivity contribution in [2.24, 2.45) is 29.4 Å². The Morgan fingerprint density at radius 1 is 1.09 bits per heavy atom. The molecular weight excluding hydrogens is 572 g/mol. The Morgan fingerprint density at radius 2 is 1.77 bits per heavy atom. The van der Waals surface area contributed by atoms with Crippen molar-refractivity contribution < 1.29 is 44.0 Å². The molecule has 0 heterocycles. The maximum Gasteiger partial charge on any atom is 0.235 e. The molecule has 6 N–H and O–H groups in total. The minimum absolute atomic E-state index is 0.0293. The third-order valence-electron chi connectivity index (χ3n) is 9.25. The van der Waals surface area contributed by atoms with Crippen LogP contribution >= 0.6 is 0 Å².